The Kier molecular flexibility index (Phi) is 2.71. The van der Waals surface area contributed by atoms with Crippen molar-refractivity contribution in [3.05, 3.63) is 40.0 Å². The monoisotopic (exact) mass is 240 g/mol. The smallest absolute Gasteiger partial charge is 0.340 e. The second kappa shape index (κ2) is 3.90. The number of fused-ring (bicyclic) bond motifs is 1. The van der Waals surface area contributed by atoms with Crippen molar-refractivity contribution in [3.63, 3.8) is 0 Å². The maximum atomic E-state index is 11.9. The van der Waals surface area contributed by atoms with Crippen molar-refractivity contribution in [1.29, 1.82) is 0 Å². The average Bonchev–Trinajstić information content (AvgIpc) is 2.17. The molecule has 0 N–H and O–H groups in total. The van der Waals surface area contributed by atoms with E-state index >= 15 is 0 Å². The second-order valence-electron chi connectivity index (χ2n) is 3.77. The molecule has 0 spiro atoms. The Labute approximate surface area is 93.5 Å². The molecule has 0 fully saturated rings. The molecule has 4 nitrogen and oxygen atoms in total. The summed E-state index contributed by atoms with van der Waals surface area (Å²) in [5.74, 6) is 0.372. The van der Waals surface area contributed by atoms with Crippen LogP contribution in [0.5, 0.6) is 0 Å². The van der Waals surface area contributed by atoms with E-state index in [1.165, 1.54) is 6.07 Å². The molecular weight excluding hydrogens is 228 g/mol. The summed E-state index contributed by atoms with van der Waals surface area (Å²) in [7, 11) is -3.36. The van der Waals surface area contributed by atoms with E-state index in [0.717, 1.165) is 0 Å². The van der Waals surface area contributed by atoms with Gasteiger partial charge in [0.15, 0.2) is 9.84 Å². The van der Waals surface area contributed by atoms with Crippen LogP contribution in [-0.2, 0) is 16.3 Å². The molecule has 16 heavy (non-hydrogen) atoms. The number of aryl methyl sites for hydroxylation is 1. The first-order valence-electron chi connectivity index (χ1n) is 5.02. The zero-order valence-electron chi connectivity index (χ0n) is 8.89. The van der Waals surface area contributed by atoms with Crippen molar-refractivity contribution in [1.82, 2.24) is 0 Å². The van der Waals surface area contributed by atoms with E-state index in [9.17, 15) is 13.2 Å². The van der Waals surface area contributed by atoms with Gasteiger partial charge in [-0.3, -0.25) is 0 Å². The van der Waals surface area contributed by atoms with Crippen LogP contribution in [0.25, 0.3) is 0 Å². The summed E-state index contributed by atoms with van der Waals surface area (Å²) in [6.07, 6.45) is 4.39. The summed E-state index contributed by atoms with van der Waals surface area (Å²) >= 11 is 0. The van der Waals surface area contributed by atoms with Crippen molar-refractivity contribution < 1.29 is 12.8 Å². The minimum absolute atomic E-state index is 0.0411. The van der Waals surface area contributed by atoms with Gasteiger partial charge in [0.05, 0.1) is 16.2 Å². The normalized spacial score (nSPS) is 20.6. The molecule has 1 aromatic heterocycles. The molecule has 0 saturated heterocycles. The minimum Gasteiger partial charge on any atom is -0.428 e. The van der Waals surface area contributed by atoms with Crippen LogP contribution in [-0.4, -0.2) is 14.2 Å². The first-order valence-corrected chi connectivity index (χ1v) is 6.67. The zero-order chi connectivity index (χ0) is 11.8. The summed E-state index contributed by atoms with van der Waals surface area (Å²) in [5.41, 5.74) is -0.313. The third-order valence-electron chi connectivity index (χ3n) is 2.51. The fourth-order valence-corrected chi connectivity index (χ4v) is 3.28. The lowest BCUT2D eigenvalue weighted by Gasteiger charge is -2.10. The maximum Gasteiger partial charge on any atom is 0.340 e. The number of hydrogen-bond donors (Lipinski definition) is 0. The van der Waals surface area contributed by atoms with E-state index < -0.39 is 15.5 Å². The van der Waals surface area contributed by atoms with Gasteiger partial charge in [-0.25, -0.2) is 13.2 Å². The zero-order valence-corrected chi connectivity index (χ0v) is 9.71. The lowest BCUT2D eigenvalue weighted by atomic mass is 10.2. The summed E-state index contributed by atoms with van der Waals surface area (Å²) in [5, 5.41) is 0. The van der Waals surface area contributed by atoms with Crippen LogP contribution in [0.3, 0.4) is 0 Å². The molecule has 5 heteroatoms. The Balaban J connectivity index is 2.77. The Morgan fingerprint density at radius 1 is 1.31 bits per heavy atom. The van der Waals surface area contributed by atoms with E-state index in [2.05, 4.69) is 0 Å². The van der Waals surface area contributed by atoms with Gasteiger partial charge in [0, 0.05) is 0 Å². The van der Waals surface area contributed by atoms with Gasteiger partial charge in [0.2, 0.25) is 0 Å². The van der Waals surface area contributed by atoms with Gasteiger partial charge < -0.3 is 4.42 Å². The molecule has 1 aliphatic rings. The van der Waals surface area contributed by atoms with Crippen LogP contribution < -0.4 is 5.63 Å². The summed E-state index contributed by atoms with van der Waals surface area (Å²) in [6.45, 7) is 1.58. The molecule has 0 saturated carbocycles. The molecule has 0 radical (unpaired) electrons. The van der Waals surface area contributed by atoms with Crippen LogP contribution in [0, 0.1) is 6.92 Å². The molecule has 0 atom stereocenters. The SMILES string of the molecule is Cc1cc2c(c(=O)o1)C/C=C\CCS2(=O)=O. The largest absolute Gasteiger partial charge is 0.428 e. The number of hydrogen-bond acceptors (Lipinski definition) is 4. The van der Waals surface area contributed by atoms with Crippen LogP contribution in [0.1, 0.15) is 17.7 Å². The van der Waals surface area contributed by atoms with Gasteiger partial charge in [-0.2, -0.15) is 0 Å². The predicted octanol–water partition coefficient (Wildman–Crippen LogP) is 1.22. The fraction of sp³-hybridized carbons (Fsp3) is 0.364. The van der Waals surface area contributed by atoms with Gasteiger partial charge in [-0.15, -0.1) is 0 Å². The van der Waals surface area contributed by atoms with E-state index in [-0.39, 0.29) is 16.2 Å². The van der Waals surface area contributed by atoms with Gasteiger partial charge >= 0.3 is 5.63 Å². The van der Waals surface area contributed by atoms with Crippen molar-refractivity contribution in [2.75, 3.05) is 5.75 Å². The van der Waals surface area contributed by atoms with Crippen LogP contribution in [0.2, 0.25) is 0 Å². The topological polar surface area (TPSA) is 64.3 Å². The average molecular weight is 240 g/mol. The Morgan fingerprint density at radius 3 is 2.81 bits per heavy atom. The highest BCUT2D eigenvalue weighted by atomic mass is 32.2. The molecule has 0 amide bonds. The lowest BCUT2D eigenvalue weighted by Crippen LogP contribution is -2.18. The third-order valence-corrected chi connectivity index (χ3v) is 4.32. The Hall–Kier alpha value is -1.36. The molecule has 86 valence electrons. The fourth-order valence-electron chi connectivity index (χ4n) is 1.72. The van der Waals surface area contributed by atoms with Gasteiger partial charge in [0.1, 0.15) is 5.76 Å². The van der Waals surface area contributed by atoms with Crippen molar-refractivity contribution in [2.24, 2.45) is 0 Å². The Bertz CT molecular complexity index is 593. The molecule has 0 bridgehead atoms. The maximum absolute atomic E-state index is 11.9. The molecule has 1 aliphatic heterocycles. The third kappa shape index (κ3) is 1.95. The van der Waals surface area contributed by atoms with E-state index in [1.54, 1.807) is 19.1 Å². The van der Waals surface area contributed by atoms with Crippen LogP contribution >= 0.6 is 0 Å². The predicted molar refractivity (Wildman–Crippen MR) is 59.2 cm³/mol. The minimum atomic E-state index is -3.36. The van der Waals surface area contributed by atoms with E-state index in [4.69, 9.17) is 4.42 Å². The van der Waals surface area contributed by atoms with Crippen LogP contribution in [0.4, 0.5) is 0 Å². The molecule has 2 rings (SSSR count). The number of sulfone groups is 1. The molecular formula is C11H12O4S. The van der Waals surface area contributed by atoms with E-state index in [0.29, 0.717) is 18.6 Å². The van der Waals surface area contributed by atoms with Crippen molar-refractivity contribution in [2.45, 2.75) is 24.7 Å². The highest BCUT2D eigenvalue weighted by Crippen LogP contribution is 2.19. The van der Waals surface area contributed by atoms with Crippen molar-refractivity contribution in [3.8, 4) is 0 Å². The van der Waals surface area contributed by atoms with Crippen molar-refractivity contribution >= 4 is 9.84 Å². The van der Waals surface area contributed by atoms with Gasteiger partial charge in [-0.1, -0.05) is 12.2 Å². The van der Waals surface area contributed by atoms with E-state index in [1.807, 2.05) is 0 Å². The second-order valence-corrected chi connectivity index (χ2v) is 5.85. The summed E-state index contributed by atoms with van der Waals surface area (Å²) in [6, 6.07) is 1.44. The quantitative estimate of drug-likeness (QED) is 0.640. The van der Waals surface area contributed by atoms with Crippen LogP contribution in [0.15, 0.2) is 32.3 Å². The first-order chi connectivity index (χ1) is 7.50. The highest BCUT2D eigenvalue weighted by Gasteiger charge is 2.22. The number of allylic oxidation sites excluding steroid dienone is 2. The molecule has 0 aromatic carbocycles. The highest BCUT2D eigenvalue weighted by molar-refractivity contribution is 7.91. The van der Waals surface area contributed by atoms with Gasteiger partial charge in [-0.05, 0) is 25.8 Å². The van der Waals surface area contributed by atoms with Gasteiger partial charge in [0.25, 0.3) is 0 Å². The lowest BCUT2D eigenvalue weighted by molar-refractivity contribution is 0.465. The molecule has 0 unspecified atom stereocenters. The summed E-state index contributed by atoms with van der Waals surface area (Å²) < 4.78 is 28.8. The first kappa shape index (κ1) is 11.1. The summed E-state index contributed by atoms with van der Waals surface area (Å²) in [4.78, 5) is 11.7. The Morgan fingerprint density at radius 2 is 2.06 bits per heavy atom. The molecule has 0 aliphatic carbocycles. The molecule has 1 aromatic rings. The standard InChI is InChI=1S/C11H12O4S/c1-8-7-10-9(11(12)15-8)5-3-2-4-6-16(10,13)14/h2-3,7H,4-6H2,1H3/b3-2-. The number of rotatable bonds is 0. The molecule has 2 heterocycles.